The van der Waals surface area contributed by atoms with Crippen LogP contribution < -0.4 is 10.0 Å². The van der Waals surface area contributed by atoms with Crippen molar-refractivity contribution in [3.63, 3.8) is 0 Å². The van der Waals surface area contributed by atoms with Crippen molar-refractivity contribution >= 4 is 55.1 Å². The Morgan fingerprint density at radius 1 is 0.974 bits per heavy atom. The van der Waals surface area contributed by atoms with Gasteiger partial charge in [-0.3, -0.25) is 9.52 Å². The largest absolute Gasteiger partial charge is 0.452 e. The monoisotopic (exact) mass is 562 g/mol. The molecule has 2 heterocycles. The fraction of sp³-hybridized carbons (Fsp3) is 0.115. The molecule has 0 radical (unpaired) electrons. The molecule has 0 aliphatic carbocycles. The van der Waals surface area contributed by atoms with E-state index in [0.29, 0.717) is 27.6 Å². The van der Waals surface area contributed by atoms with Gasteiger partial charge in [0, 0.05) is 11.3 Å². The van der Waals surface area contributed by atoms with Gasteiger partial charge >= 0.3 is 5.97 Å². The van der Waals surface area contributed by atoms with Crippen LogP contribution in [0.25, 0.3) is 22.4 Å². The van der Waals surface area contributed by atoms with Crippen LogP contribution in [0, 0.1) is 13.8 Å². The molecule has 3 aromatic carbocycles. The van der Waals surface area contributed by atoms with Crippen LogP contribution in [0.2, 0.25) is 0 Å². The minimum absolute atomic E-state index is 0.0143. The number of esters is 1. The number of rotatable bonds is 8. The molecular formula is C26H22N6O5S2. The van der Waals surface area contributed by atoms with Gasteiger partial charge in [-0.05, 0) is 56.3 Å². The number of carbonyl (C=O) groups is 2. The topological polar surface area (TPSA) is 156 Å². The van der Waals surface area contributed by atoms with Crippen LogP contribution in [-0.4, -0.2) is 47.1 Å². The number of nitrogens with zero attached hydrogens (tertiary/aromatic N) is 3. The fourth-order valence-electron chi connectivity index (χ4n) is 3.63. The van der Waals surface area contributed by atoms with Crippen molar-refractivity contribution in [2.75, 3.05) is 16.6 Å². The molecule has 2 aromatic heterocycles. The molecule has 0 bridgehead atoms. The highest BCUT2D eigenvalue weighted by molar-refractivity contribution is 7.93. The third-order valence-corrected chi connectivity index (χ3v) is 7.81. The van der Waals surface area contributed by atoms with Gasteiger partial charge in [0.1, 0.15) is 10.8 Å². The van der Waals surface area contributed by atoms with E-state index >= 15 is 0 Å². The Balaban J connectivity index is 1.17. The first-order valence-electron chi connectivity index (χ1n) is 11.6. The van der Waals surface area contributed by atoms with E-state index in [1.165, 1.54) is 24.3 Å². The van der Waals surface area contributed by atoms with E-state index in [0.717, 1.165) is 22.5 Å². The Kier molecular flexibility index (Phi) is 7.09. The predicted molar refractivity (Wildman–Crippen MR) is 147 cm³/mol. The predicted octanol–water partition coefficient (Wildman–Crippen LogP) is 4.29. The van der Waals surface area contributed by atoms with E-state index in [1.54, 1.807) is 25.1 Å². The summed E-state index contributed by atoms with van der Waals surface area (Å²) in [6.07, 6.45) is 0. The van der Waals surface area contributed by atoms with Gasteiger partial charge in [0.2, 0.25) is 5.13 Å². The Hall–Kier alpha value is -4.62. The first-order chi connectivity index (χ1) is 18.7. The van der Waals surface area contributed by atoms with Crippen LogP contribution in [0.1, 0.15) is 20.9 Å². The molecule has 13 heteroatoms. The van der Waals surface area contributed by atoms with Crippen molar-refractivity contribution in [1.82, 2.24) is 20.2 Å². The van der Waals surface area contributed by atoms with Gasteiger partial charge in [0.05, 0.1) is 21.5 Å². The number of nitrogens with one attached hydrogen (secondary N) is 3. The summed E-state index contributed by atoms with van der Waals surface area (Å²) in [5.41, 5.74) is 4.02. The maximum atomic E-state index is 12.5. The zero-order valence-electron chi connectivity index (χ0n) is 20.8. The zero-order chi connectivity index (χ0) is 27.6. The second-order valence-electron chi connectivity index (χ2n) is 8.56. The third kappa shape index (κ3) is 6.10. The SMILES string of the molecule is Cc1ccc(-c2nc3ccc(C(=O)OCC(=O)Nc4ccc(S(=O)(=O)Nc5nnc(C)s5)cc4)cc3[nH]2)cc1. The van der Waals surface area contributed by atoms with E-state index < -0.39 is 28.5 Å². The highest BCUT2D eigenvalue weighted by atomic mass is 32.2. The zero-order valence-corrected chi connectivity index (χ0v) is 22.4. The van der Waals surface area contributed by atoms with E-state index in [1.807, 2.05) is 31.2 Å². The lowest BCUT2D eigenvalue weighted by Crippen LogP contribution is -2.21. The number of H-pyrrole nitrogens is 1. The second kappa shape index (κ2) is 10.6. The molecule has 0 atom stereocenters. The van der Waals surface area contributed by atoms with E-state index in [2.05, 4.69) is 30.2 Å². The summed E-state index contributed by atoms with van der Waals surface area (Å²) in [5.74, 6) is -0.566. The van der Waals surface area contributed by atoms with Crippen molar-refractivity contribution in [3.8, 4) is 11.4 Å². The van der Waals surface area contributed by atoms with Gasteiger partial charge in [0.25, 0.3) is 15.9 Å². The number of sulfonamides is 1. The van der Waals surface area contributed by atoms with E-state index in [4.69, 9.17) is 4.74 Å². The lowest BCUT2D eigenvalue weighted by Gasteiger charge is -2.08. The summed E-state index contributed by atoms with van der Waals surface area (Å²) in [7, 11) is -3.86. The van der Waals surface area contributed by atoms with Crippen molar-refractivity contribution in [2.24, 2.45) is 0 Å². The highest BCUT2D eigenvalue weighted by Crippen LogP contribution is 2.23. The van der Waals surface area contributed by atoms with Crippen molar-refractivity contribution in [2.45, 2.75) is 18.7 Å². The van der Waals surface area contributed by atoms with Gasteiger partial charge in [-0.15, -0.1) is 10.2 Å². The normalized spacial score (nSPS) is 11.3. The molecule has 198 valence electrons. The van der Waals surface area contributed by atoms with Crippen LogP contribution in [0.4, 0.5) is 10.8 Å². The van der Waals surface area contributed by atoms with Gasteiger partial charge in [-0.1, -0.05) is 41.2 Å². The minimum Gasteiger partial charge on any atom is -0.452 e. The fourth-order valence-corrected chi connectivity index (χ4v) is 5.45. The summed E-state index contributed by atoms with van der Waals surface area (Å²) in [6.45, 7) is 3.20. The molecule has 0 unspecified atom stereocenters. The molecule has 5 rings (SSSR count). The molecule has 0 spiro atoms. The summed E-state index contributed by atoms with van der Waals surface area (Å²) < 4.78 is 32.5. The number of anilines is 2. The molecule has 5 aromatic rings. The van der Waals surface area contributed by atoms with Gasteiger partial charge in [-0.2, -0.15) is 0 Å². The van der Waals surface area contributed by atoms with Crippen molar-refractivity contribution < 1.29 is 22.7 Å². The summed E-state index contributed by atoms with van der Waals surface area (Å²) in [5, 5.41) is 10.9. The number of aromatic nitrogens is 4. The third-order valence-electron chi connectivity index (χ3n) is 5.57. The first-order valence-corrected chi connectivity index (χ1v) is 13.9. The van der Waals surface area contributed by atoms with Gasteiger partial charge < -0.3 is 15.0 Å². The number of imidazole rings is 1. The maximum absolute atomic E-state index is 12.5. The standard InChI is InChI=1S/C26H22N6O5S2/c1-15-3-5-17(6-4-15)24-28-21-12-7-18(13-22(21)29-24)25(34)37-14-23(33)27-19-8-10-20(11-9-19)39(35,36)32-26-31-30-16(2)38-26/h3-13H,14H2,1-2H3,(H,27,33)(H,28,29)(H,31,32). The number of hydrogen-bond donors (Lipinski definition) is 3. The molecule has 0 saturated carbocycles. The molecule has 0 aliphatic rings. The molecule has 0 fully saturated rings. The highest BCUT2D eigenvalue weighted by Gasteiger charge is 2.17. The molecule has 39 heavy (non-hydrogen) atoms. The van der Waals surface area contributed by atoms with Crippen LogP contribution in [0.3, 0.4) is 0 Å². The Bertz CT molecular complexity index is 1780. The Labute approximate surface area is 227 Å². The number of ether oxygens (including phenoxy) is 1. The first kappa shape index (κ1) is 26.0. The number of fused-ring (bicyclic) bond motifs is 1. The quantitative estimate of drug-likeness (QED) is 0.236. The lowest BCUT2D eigenvalue weighted by atomic mass is 10.1. The van der Waals surface area contributed by atoms with Gasteiger partial charge in [-0.25, -0.2) is 18.2 Å². The number of amides is 1. The Morgan fingerprint density at radius 3 is 2.41 bits per heavy atom. The number of aromatic amines is 1. The van der Waals surface area contributed by atoms with Crippen molar-refractivity contribution in [3.05, 3.63) is 82.9 Å². The molecular weight excluding hydrogens is 540 g/mol. The second-order valence-corrected chi connectivity index (χ2v) is 11.4. The number of carbonyl (C=O) groups excluding carboxylic acids is 2. The average molecular weight is 563 g/mol. The van der Waals surface area contributed by atoms with E-state index in [9.17, 15) is 18.0 Å². The number of benzene rings is 3. The maximum Gasteiger partial charge on any atom is 0.338 e. The van der Waals surface area contributed by atoms with Crippen LogP contribution in [0.5, 0.6) is 0 Å². The average Bonchev–Trinajstić information content (AvgIpc) is 3.52. The Morgan fingerprint density at radius 2 is 1.72 bits per heavy atom. The van der Waals surface area contributed by atoms with Crippen LogP contribution in [-0.2, 0) is 19.6 Å². The smallest absolute Gasteiger partial charge is 0.338 e. The molecule has 0 aliphatic heterocycles. The van der Waals surface area contributed by atoms with E-state index in [-0.39, 0.29) is 15.6 Å². The van der Waals surface area contributed by atoms with Crippen LogP contribution in [0.15, 0.2) is 71.6 Å². The minimum atomic E-state index is -3.86. The molecule has 0 saturated heterocycles. The number of aryl methyl sites for hydroxylation is 2. The summed E-state index contributed by atoms with van der Waals surface area (Å²) in [4.78, 5) is 32.6. The molecule has 11 nitrogen and oxygen atoms in total. The molecule has 1 amide bonds. The summed E-state index contributed by atoms with van der Waals surface area (Å²) in [6, 6.07) is 18.3. The number of hydrogen-bond acceptors (Lipinski definition) is 9. The van der Waals surface area contributed by atoms with Gasteiger partial charge in [0.15, 0.2) is 6.61 Å². The molecule has 3 N–H and O–H groups in total. The lowest BCUT2D eigenvalue weighted by molar-refractivity contribution is -0.119. The van der Waals surface area contributed by atoms with Crippen LogP contribution >= 0.6 is 11.3 Å². The van der Waals surface area contributed by atoms with Crippen molar-refractivity contribution in [1.29, 1.82) is 0 Å². The summed E-state index contributed by atoms with van der Waals surface area (Å²) >= 11 is 1.11.